The molecule has 0 saturated heterocycles. The zero-order valence-corrected chi connectivity index (χ0v) is 22.1. The Bertz CT molecular complexity index is 1540. The molecular formula is C30H30N2O8. The Balaban J connectivity index is 1.72. The summed E-state index contributed by atoms with van der Waals surface area (Å²) in [5.41, 5.74) is 2.63. The normalized spacial score (nSPS) is 30.0. The van der Waals surface area contributed by atoms with E-state index >= 15 is 0 Å². The van der Waals surface area contributed by atoms with Gasteiger partial charge >= 0.3 is 0 Å². The molecule has 0 radical (unpaired) electrons. The molecule has 0 aromatic heterocycles. The molecule has 10 heteroatoms. The molecular weight excluding hydrogens is 516 g/mol. The van der Waals surface area contributed by atoms with E-state index in [1.807, 2.05) is 30.3 Å². The fourth-order valence-corrected chi connectivity index (χ4v) is 6.52. The van der Waals surface area contributed by atoms with Gasteiger partial charge in [0.1, 0.15) is 22.8 Å². The van der Waals surface area contributed by atoms with Crippen molar-refractivity contribution < 1.29 is 39.9 Å². The van der Waals surface area contributed by atoms with Gasteiger partial charge in [0.05, 0.1) is 23.6 Å². The molecule has 1 fully saturated rings. The van der Waals surface area contributed by atoms with Crippen molar-refractivity contribution in [3.05, 3.63) is 81.6 Å². The van der Waals surface area contributed by atoms with Gasteiger partial charge in [-0.2, -0.15) is 0 Å². The van der Waals surface area contributed by atoms with Gasteiger partial charge in [0.25, 0.3) is 5.91 Å². The highest BCUT2D eigenvalue weighted by Gasteiger charge is 2.68. The Morgan fingerprint density at radius 2 is 1.68 bits per heavy atom. The van der Waals surface area contributed by atoms with Gasteiger partial charge < -0.3 is 31.3 Å². The molecule has 40 heavy (non-hydrogen) atoms. The molecule has 3 aliphatic rings. The number of primary amides is 1. The second kappa shape index (κ2) is 9.44. The molecule has 208 valence electrons. The minimum absolute atomic E-state index is 0.0498. The number of likely N-dealkylation sites (N-methyl/N-ethyl adjacent to an activating group) is 1. The van der Waals surface area contributed by atoms with Crippen LogP contribution in [0, 0.1) is 11.8 Å². The first kappa shape index (κ1) is 27.3. The summed E-state index contributed by atoms with van der Waals surface area (Å²) < 4.78 is 0. The van der Waals surface area contributed by atoms with Crippen LogP contribution in [0.1, 0.15) is 35.1 Å². The molecule has 10 nitrogen and oxygen atoms in total. The number of hydrogen-bond donors (Lipinski definition) is 6. The molecule has 0 bridgehead atoms. The lowest BCUT2D eigenvalue weighted by Crippen LogP contribution is -2.70. The summed E-state index contributed by atoms with van der Waals surface area (Å²) in [4.78, 5) is 40.7. The van der Waals surface area contributed by atoms with Crippen molar-refractivity contribution in [2.24, 2.45) is 17.6 Å². The van der Waals surface area contributed by atoms with Crippen LogP contribution >= 0.6 is 0 Å². The van der Waals surface area contributed by atoms with E-state index in [0.29, 0.717) is 11.1 Å². The number of Topliss-reactive ketones (excluding diaryl/α,β-unsaturated/α-hetero) is 2. The summed E-state index contributed by atoms with van der Waals surface area (Å²) in [6.45, 7) is 1.69. The predicted octanol–water partition coefficient (Wildman–Crippen LogP) is 1.67. The molecule has 7 N–H and O–H groups in total. The second-order valence-electron chi connectivity index (χ2n) is 10.8. The highest BCUT2D eigenvalue weighted by Crippen LogP contribution is 2.56. The Hall–Kier alpha value is -4.25. The zero-order chi connectivity index (χ0) is 29.3. The number of aliphatic hydroxyl groups excluding tert-OH is 3. The topological polar surface area (TPSA) is 182 Å². The predicted molar refractivity (Wildman–Crippen MR) is 146 cm³/mol. The molecule has 1 saturated carbocycles. The third-order valence-corrected chi connectivity index (χ3v) is 8.42. The number of hydrogen-bond acceptors (Lipinski definition) is 9. The maximum atomic E-state index is 14.0. The van der Waals surface area contributed by atoms with Crippen LogP contribution in [-0.4, -0.2) is 79.7 Å². The summed E-state index contributed by atoms with van der Waals surface area (Å²) in [5, 5.41) is 57.0. The summed E-state index contributed by atoms with van der Waals surface area (Å²) in [7, 11) is 2.93. The maximum Gasteiger partial charge on any atom is 0.255 e. The second-order valence-corrected chi connectivity index (χ2v) is 10.8. The Kier molecular flexibility index (Phi) is 6.45. The molecule has 0 spiro atoms. The van der Waals surface area contributed by atoms with Crippen LogP contribution in [0.3, 0.4) is 0 Å². The Morgan fingerprint density at radius 3 is 2.27 bits per heavy atom. The third-order valence-electron chi connectivity index (χ3n) is 8.42. The van der Waals surface area contributed by atoms with Crippen LogP contribution in [0.4, 0.5) is 0 Å². The molecule has 5 rings (SSSR count). The number of nitrogens with two attached hydrogens (primary N) is 1. The highest BCUT2D eigenvalue weighted by molar-refractivity contribution is 6.24. The number of rotatable bonds is 4. The summed E-state index contributed by atoms with van der Waals surface area (Å²) in [6, 6.07) is 11.3. The molecule has 3 aliphatic carbocycles. The van der Waals surface area contributed by atoms with Gasteiger partial charge in [-0.15, -0.1) is 0 Å². The number of ketones is 2. The van der Waals surface area contributed by atoms with Crippen molar-refractivity contribution in [2.75, 3.05) is 14.1 Å². The maximum absolute atomic E-state index is 14.0. The van der Waals surface area contributed by atoms with E-state index in [9.17, 15) is 39.9 Å². The molecule has 0 aliphatic heterocycles. The van der Waals surface area contributed by atoms with E-state index < -0.39 is 75.6 Å². The Morgan fingerprint density at radius 1 is 1.02 bits per heavy atom. The van der Waals surface area contributed by atoms with E-state index in [0.717, 1.165) is 5.56 Å². The van der Waals surface area contributed by atoms with E-state index in [-0.39, 0.29) is 11.3 Å². The summed E-state index contributed by atoms with van der Waals surface area (Å²) in [5.74, 6) is -9.09. The number of aromatic hydroxyl groups is 1. The number of amides is 1. The molecule has 1 amide bonds. The quantitative estimate of drug-likeness (QED) is 0.245. The van der Waals surface area contributed by atoms with Crippen molar-refractivity contribution in [1.29, 1.82) is 0 Å². The van der Waals surface area contributed by atoms with Gasteiger partial charge in [0.2, 0.25) is 5.78 Å². The summed E-state index contributed by atoms with van der Waals surface area (Å²) >= 11 is 0. The minimum Gasteiger partial charge on any atom is -0.508 e. The van der Waals surface area contributed by atoms with Gasteiger partial charge in [0.15, 0.2) is 11.4 Å². The van der Waals surface area contributed by atoms with Crippen LogP contribution in [0.15, 0.2) is 59.4 Å². The zero-order valence-electron chi connectivity index (χ0n) is 22.1. The van der Waals surface area contributed by atoms with E-state index in [2.05, 4.69) is 0 Å². The van der Waals surface area contributed by atoms with Crippen molar-refractivity contribution in [1.82, 2.24) is 4.90 Å². The number of phenols is 1. The van der Waals surface area contributed by atoms with Gasteiger partial charge in [-0.25, -0.2) is 0 Å². The van der Waals surface area contributed by atoms with Crippen molar-refractivity contribution in [3.8, 4) is 5.75 Å². The van der Waals surface area contributed by atoms with Crippen LogP contribution in [0.2, 0.25) is 0 Å². The van der Waals surface area contributed by atoms with Crippen LogP contribution in [-0.2, 0) is 14.4 Å². The van der Waals surface area contributed by atoms with Gasteiger partial charge in [-0.05, 0) is 31.1 Å². The van der Waals surface area contributed by atoms with Crippen molar-refractivity contribution in [2.45, 2.75) is 30.6 Å². The lowest BCUT2D eigenvalue weighted by atomic mass is 9.54. The Labute approximate surface area is 230 Å². The molecule has 2 aromatic rings. The highest BCUT2D eigenvalue weighted by atomic mass is 16.4. The molecule has 0 heterocycles. The molecule has 6 atom stereocenters. The first-order chi connectivity index (χ1) is 18.8. The van der Waals surface area contributed by atoms with E-state index in [4.69, 9.17) is 5.73 Å². The van der Waals surface area contributed by atoms with Gasteiger partial charge in [-0.3, -0.25) is 19.3 Å². The standard InChI is InChI=1S/C30H30N2O8/c1-13-16-12-11-15(10-9-14-7-5-4-6-8-14)23(33)18(16)24(34)19-17(13)25(35)21-22(32(2)3)26(36)20(29(31)39)28(38)30(21,40)27(19)37/h4-13,17,21-22,25,33-35,38,40H,1-3H3,(H2,31,39)/b10-9+/t13-,17-,21-,22-,25+,30-/m1/s1. The number of fused-ring (bicyclic) bond motifs is 3. The number of benzene rings is 2. The lowest BCUT2D eigenvalue weighted by Gasteiger charge is -2.53. The lowest BCUT2D eigenvalue weighted by molar-refractivity contribution is -0.169. The SMILES string of the molecule is C[C@@H]1c2ccc(/C=C/c3ccccc3)c(O)c2C(O)=C2C(=O)[C@@]3(O)C(O)=C(C(N)=O)C(=O)[C@H](N(C)C)[C@@H]3[C@@H](O)[C@@H]21. The van der Waals surface area contributed by atoms with Crippen molar-refractivity contribution in [3.63, 3.8) is 0 Å². The smallest absolute Gasteiger partial charge is 0.255 e. The summed E-state index contributed by atoms with van der Waals surface area (Å²) in [6.07, 6.45) is 1.77. The van der Waals surface area contributed by atoms with Gasteiger partial charge in [0, 0.05) is 17.1 Å². The van der Waals surface area contributed by atoms with E-state index in [1.54, 1.807) is 31.2 Å². The third kappa shape index (κ3) is 3.64. The minimum atomic E-state index is -2.94. The molecule has 2 aromatic carbocycles. The van der Waals surface area contributed by atoms with Crippen molar-refractivity contribution >= 4 is 35.4 Å². The van der Waals surface area contributed by atoms with E-state index in [1.165, 1.54) is 19.0 Å². The van der Waals surface area contributed by atoms with Gasteiger partial charge in [-0.1, -0.05) is 61.5 Å². The fraction of sp³-hybridized carbons (Fsp3) is 0.300. The number of aliphatic hydroxyl groups is 4. The average Bonchev–Trinajstić information content (AvgIpc) is 2.90. The number of phenolic OH excluding ortho intramolecular Hbond substituents is 1. The van der Waals surface area contributed by atoms with Crippen LogP contribution in [0.25, 0.3) is 17.9 Å². The monoisotopic (exact) mass is 546 g/mol. The first-order valence-corrected chi connectivity index (χ1v) is 12.8. The van der Waals surface area contributed by atoms with Crippen LogP contribution < -0.4 is 5.73 Å². The average molecular weight is 547 g/mol. The fourth-order valence-electron chi connectivity index (χ4n) is 6.52. The number of carbonyl (C=O) groups is 3. The molecule has 0 unspecified atom stereocenters. The first-order valence-electron chi connectivity index (χ1n) is 12.8. The number of nitrogens with zero attached hydrogens (tertiary/aromatic N) is 1. The largest absolute Gasteiger partial charge is 0.508 e. The van der Waals surface area contributed by atoms with Crippen LogP contribution in [0.5, 0.6) is 5.75 Å². The number of carbonyl (C=O) groups excluding carboxylic acids is 3.